The van der Waals surface area contributed by atoms with Gasteiger partial charge in [0, 0.05) is 19.2 Å². The number of carbonyl (C=O) groups excluding carboxylic acids is 1. The zero-order valence-electron chi connectivity index (χ0n) is 15.9. The topological polar surface area (TPSA) is 38.8 Å². The normalized spacial score (nSPS) is 21.5. The number of nitrogens with zero attached hydrogens (tertiary/aromatic N) is 1. The molecule has 1 amide bonds. The maximum atomic E-state index is 13.0. The van der Waals surface area contributed by atoms with E-state index in [0.717, 1.165) is 44.5 Å². The van der Waals surface area contributed by atoms with Gasteiger partial charge in [0.05, 0.1) is 12.1 Å². The van der Waals surface area contributed by atoms with Crippen LogP contribution in [0, 0.1) is 0 Å². The van der Waals surface area contributed by atoms with Crippen molar-refractivity contribution in [1.82, 2.24) is 4.90 Å². The molecule has 2 aliphatic rings. The quantitative estimate of drug-likeness (QED) is 0.789. The number of benzene rings is 2. The van der Waals surface area contributed by atoms with Crippen LogP contribution in [0.25, 0.3) is 0 Å². The molecule has 2 atom stereocenters. The molecule has 27 heavy (non-hydrogen) atoms. The molecule has 0 saturated carbocycles. The number of aryl methyl sites for hydroxylation is 1. The first-order valence-electron chi connectivity index (χ1n) is 9.92. The second-order valence-electron chi connectivity index (χ2n) is 7.49. The Morgan fingerprint density at radius 1 is 1.11 bits per heavy atom. The molecule has 1 aliphatic heterocycles. The zero-order chi connectivity index (χ0) is 18.6. The van der Waals surface area contributed by atoms with Crippen molar-refractivity contribution in [3.8, 4) is 5.75 Å². The summed E-state index contributed by atoms with van der Waals surface area (Å²) in [6, 6.07) is 16.1. The molecule has 0 aromatic heterocycles. The van der Waals surface area contributed by atoms with Crippen molar-refractivity contribution in [2.24, 2.45) is 0 Å². The summed E-state index contributed by atoms with van der Waals surface area (Å²) in [5, 5.41) is 0. The van der Waals surface area contributed by atoms with Gasteiger partial charge in [0.1, 0.15) is 12.4 Å². The Balaban J connectivity index is 1.41. The summed E-state index contributed by atoms with van der Waals surface area (Å²) in [6.07, 6.45) is 5.61. The van der Waals surface area contributed by atoms with E-state index in [0.29, 0.717) is 12.2 Å². The van der Waals surface area contributed by atoms with Crippen LogP contribution in [0.2, 0.25) is 0 Å². The smallest absolute Gasteiger partial charge is 0.254 e. The molecule has 0 unspecified atom stereocenters. The van der Waals surface area contributed by atoms with Crippen molar-refractivity contribution in [3.05, 3.63) is 65.2 Å². The first-order chi connectivity index (χ1) is 13.2. The van der Waals surface area contributed by atoms with Gasteiger partial charge in [0.15, 0.2) is 0 Å². The second kappa shape index (κ2) is 8.13. The average molecular weight is 365 g/mol. The van der Waals surface area contributed by atoms with Crippen LogP contribution in [0.4, 0.5) is 0 Å². The van der Waals surface area contributed by atoms with Crippen molar-refractivity contribution in [2.45, 2.75) is 44.2 Å². The molecule has 1 saturated heterocycles. The first kappa shape index (κ1) is 18.1. The van der Waals surface area contributed by atoms with Crippen LogP contribution in [-0.2, 0) is 11.2 Å². The molecule has 1 aliphatic carbocycles. The third kappa shape index (κ3) is 4.01. The van der Waals surface area contributed by atoms with Gasteiger partial charge in [0.25, 0.3) is 5.91 Å². The molecule has 0 spiro atoms. The van der Waals surface area contributed by atoms with E-state index < -0.39 is 0 Å². The maximum Gasteiger partial charge on any atom is 0.254 e. The minimum absolute atomic E-state index is 0.0578. The van der Waals surface area contributed by atoms with Crippen molar-refractivity contribution < 1.29 is 14.3 Å². The summed E-state index contributed by atoms with van der Waals surface area (Å²) in [7, 11) is 1.91. The highest BCUT2D eigenvalue weighted by Gasteiger charge is 2.27. The largest absolute Gasteiger partial charge is 0.491 e. The van der Waals surface area contributed by atoms with Crippen LogP contribution in [0.3, 0.4) is 0 Å². The van der Waals surface area contributed by atoms with Crippen molar-refractivity contribution in [3.63, 3.8) is 0 Å². The standard InChI is InChI=1S/C23H27NO3/c1-24(22-10-4-7-17-6-2-3-9-21(17)22)23(25)18-11-13-19(14-12-18)27-16-20-8-5-15-26-20/h2-3,6,9,11-14,20,22H,4-5,7-8,10,15-16H2,1H3/t20-,22-/m1/s1. The number of hydrogen-bond donors (Lipinski definition) is 0. The van der Waals surface area contributed by atoms with Crippen LogP contribution in [0.15, 0.2) is 48.5 Å². The molecule has 4 rings (SSSR count). The van der Waals surface area contributed by atoms with E-state index in [9.17, 15) is 4.79 Å². The summed E-state index contributed by atoms with van der Waals surface area (Å²) in [4.78, 5) is 14.9. The fourth-order valence-electron chi connectivity index (χ4n) is 4.13. The zero-order valence-corrected chi connectivity index (χ0v) is 15.9. The lowest BCUT2D eigenvalue weighted by molar-refractivity contribution is 0.0677. The minimum atomic E-state index is 0.0578. The Morgan fingerprint density at radius 3 is 2.70 bits per heavy atom. The first-order valence-corrected chi connectivity index (χ1v) is 9.92. The van der Waals surface area contributed by atoms with Gasteiger partial charge < -0.3 is 14.4 Å². The predicted octanol–water partition coefficient (Wildman–Crippen LogP) is 4.39. The van der Waals surface area contributed by atoms with Crippen molar-refractivity contribution in [2.75, 3.05) is 20.3 Å². The molecule has 2 aromatic carbocycles. The molecule has 4 heteroatoms. The van der Waals surface area contributed by atoms with E-state index in [1.807, 2.05) is 36.2 Å². The third-order valence-electron chi connectivity index (χ3n) is 5.69. The Bertz CT molecular complexity index is 780. The maximum absolute atomic E-state index is 13.0. The van der Waals surface area contributed by atoms with Crippen molar-refractivity contribution in [1.29, 1.82) is 0 Å². The minimum Gasteiger partial charge on any atom is -0.491 e. The molecule has 1 heterocycles. The summed E-state index contributed by atoms with van der Waals surface area (Å²) in [5.74, 6) is 0.843. The van der Waals surface area contributed by atoms with E-state index in [1.54, 1.807) is 0 Å². The summed E-state index contributed by atoms with van der Waals surface area (Å²) in [6.45, 7) is 1.41. The Labute approximate surface area is 161 Å². The monoisotopic (exact) mass is 365 g/mol. The van der Waals surface area contributed by atoms with Gasteiger partial charge >= 0.3 is 0 Å². The van der Waals surface area contributed by atoms with Crippen LogP contribution >= 0.6 is 0 Å². The lowest BCUT2D eigenvalue weighted by atomic mass is 9.87. The predicted molar refractivity (Wildman–Crippen MR) is 105 cm³/mol. The van der Waals surface area contributed by atoms with Crippen molar-refractivity contribution >= 4 is 5.91 Å². The third-order valence-corrected chi connectivity index (χ3v) is 5.69. The number of rotatable bonds is 5. The fourth-order valence-corrected chi connectivity index (χ4v) is 4.13. The fraction of sp³-hybridized carbons (Fsp3) is 0.435. The SMILES string of the molecule is CN(C(=O)c1ccc(OC[C@H]2CCCO2)cc1)[C@@H]1CCCc2ccccc21. The van der Waals surface area contributed by atoms with Gasteiger partial charge in [-0.3, -0.25) is 4.79 Å². The molecule has 2 aromatic rings. The highest BCUT2D eigenvalue weighted by atomic mass is 16.5. The lowest BCUT2D eigenvalue weighted by Gasteiger charge is -2.33. The number of ether oxygens (including phenoxy) is 2. The van der Waals surface area contributed by atoms with Crippen LogP contribution in [0.1, 0.15) is 53.2 Å². The highest BCUT2D eigenvalue weighted by molar-refractivity contribution is 5.94. The molecule has 0 N–H and O–H groups in total. The van der Waals surface area contributed by atoms with Crippen LogP contribution in [-0.4, -0.2) is 37.2 Å². The van der Waals surface area contributed by atoms with Gasteiger partial charge in [0.2, 0.25) is 0 Å². The summed E-state index contributed by atoms with van der Waals surface area (Å²) >= 11 is 0. The van der Waals surface area contributed by atoms with E-state index in [-0.39, 0.29) is 18.1 Å². The van der Waals surface area contributed by atoms with E-state index in [4.69, 9.17) is 9.47 Å². The lowest BCUT2D eigenvalue weighted by Crippen LogP contribution is -2.33. The van der Waals surface area contributed by atoms with E-state index in [1.165, 1.54) is 11.1 Å². The molecule has 0 bridgehead atoms. The van der Waals surface area contributed by atoms with Gasteiger partial charge in [-0.25, -0.2) is 0 Å². The van der Waals surface area contributed by atoms with Gasteiger partial charge in [-0.15, -0.1) is 0 Å². The number of carbonyl (C=O) groups is 1. The summed E-state index contributed by atoms with van der Waals surface area (Å²) in [5.41, 5.74) is 3.35. The van der Waals surface area contributed by atoms with Gasteiger partial charge in [-0.1, -0.05) is 24.3 Å². The van der Waals surface area contributed by atoms with Crippen LogP contribution in [0.5, 0.6) is 5.75 Å². The molecule has 4 nitrogen and oxygen atoms in total. The van der Waals surface area contributed by atoms with Gasteiger partial charge in [-0.2, -0.15) is 0 Å². The Kier molecular flexibility index (Phi) is 5.44. The van der Waals surface area contributed by atoms with Crippen LogP contribution < -0.4 is 4.74 Å². The van der Waals surface area contributed by atoms with E-state index in [2.05, 4.69) is 24.3 Å². The number of amides is 1. The number of fused-ring (bicyclic) bond motifs is 1. The molecule has 0 radical (unpaired) electrons. The second-order valence-corrected chi connectivity index (χ2v) is 7.49. The molecular weight excluding hydrogens is 338 g/mol. The average Bonchev–Trinajstić information content (AvgIpc) is 3.25. The van der Waals surface area contributed by atoms with Gasteiger partial charge in [-0.05, 0) is 67.5 Å². The highest BCUT2D eigenvalue weighted by Crippen LogP contribution is 2.34. The Hall–Kier alpha value is -2.33. The summed E-state index contributed by atoms with van der Waals surface area (Å²) < 4.78 is 11.4. The Morgan fingerprint density at radius 2 is 1.93 bits per heavy atom. The number of hydrogen-bond acceptors (Lipinski definition) is 3. The van der Waals surface area contributed by atoms with E-state index >= 15 is 0 Å². The molecular formula is C23H27NO3. The molecule has 1 fully saturated rings. The molecule has 142 valence electrons.